The van der Waals surface area contributed by atoms with Gasteiger partial charge >= 0.3 is 5.97 Å². The number of esters is 1. The summed E-state index contributed by atoms with van der Waals surface area (Å²) in [5.41, 5.74) is -0.718. The van der Waals surface area contributed by atoms with Crippen LogP contribution in [0.2, 0.25) is 0 Å². The molecular weight excluding hydrogens is 240 g/mol. The molecule has 0 aliphatic heterocycles. The van der Waals surface area contributed by atoms with Crippen LogP contribution in [0.25, 0.3) is 0 Å². The van der Waals surface area contributed by atoms with E-state index in [-0.39, 0.29) is 5.97 Å². The van der Waals surface area contributed by atoms with Gasteiger partial charge in [-0.1, -0.05) is 18.7 Å². The lowest BCUT2D eigenvalue weighted by molar-refractivity contribution is -0.146. The van der Waals surface area contributed by atoms with Crippen molar-refractivity contribution >= 4 is 17.7 Å². The number of methoxy groups -OCH3 is 1. The van der Waals surface area contributed by atoms with Crippen LogP contribution in [0, 0.1) is 0 Å². The van der Waals surface area contributed by atoms with E-state index < -0.39 is 5.54 Å². The third-order valence-electron chi connectivity index (χ3n) is 2.30. The van der Waals surface area contributed by atoms with Gasteiger partial charge in [-0.2, -0.15) is 0 Å². The zero-order valence-electron chi connectivity index (χ0n) is 10.4. The number of hydrogen-bond donors (Lipinski definition) is 1. The van der Waals surface area contributed by atoms with Gasteiger partial charge in [-0.25, -0.2) is 4.98 Å². The summed E-state index contributed by atoms with van der Waals surface area (Å²) in [6.45, 7) is 4.63. The quantitative estimate of drug-likeness (QED) is 0.593. The van der Waals surface area contributed by atoms with Crippen molar-refractivity contribution in [3.05, 3.63) is 12.5 Å². The molecule has 0 amide bonds. The van der Waals surface area contributed by atoms with Gasteiger partial charge in [0.25, 0.3) is 5.22 Å². The summed E-state index contributed by atoms with van der Waals surface area (Å²) in [5.74, 6) is 0.241. The zero-order valence-corrected chi connectivity index (χ0v) is 11.2. The van der Waals surface area contributed by atoms with Gasteiger partial charge in [0.1, 0.15) is 11.8 Å². The largest absolute Gasteiger partial charge is 0.468 e. The summed E-state index contributed by atoms with van der Waals surface area (Å²) in [7, 11) is 1.39. The number of carbonyl (C=O) groups excluding carboxylic acids is 1. The van der Waals surface area contributed by atoms with Gasteiger partial charge in [-0.15, -0.1) is 0 Å². The summed E-state index contributed by atoms with van der Waals surface area (Å²) in [6.07, 6.45) is 4.05. The molecule has 1 unspecified atom stereocenters. The van der Waals surface area contributed by atoms with Gasteiger partial charge in [0, 0.05) is 5.75 Å². The van der Waals surface area contributed by atoms with Crippen molar-refractivity contribution in [1.82, 2.24) is 10.3 Å². The summed E-state index contributed by atoms with van der Waals surface area (Å²) in [4.78, 5) is 15.8. The van der Waals surface area contributed by atoms with Crippen LogP contribution >= 0.6 is 11.8 Å². The molecule has 1 aromatic rings. The molecule has 0 radical (unpaired) electrons. The molecule has 0 saturated carbocycles. The minimum absolute atomic E-state index is 0.273. The highest BCUT2D eigenvalue weighted by Crippen LogP contribution is 2.21. The molecule has 0 spiro atoms. The molecule has 1 heterocycles. The Balaban J connectivity index is 2.59. The smallest absolute Gasteiger partial charge is 0.326 e. The lowest BCUT2D eigenvalue weighted by Gasteiger charge is -2.26. The second-order valence-electron chi connectivity index (χ2n) is 3.84. The summed E-state index contributed by atoms with van der Waals surface area (Å²) >= 11 is 1.39. The number of carbonyl (C=O) groups is 1. The lowest BCUT2D eigenvalue weighted by atomic mass is 10.1. The van der Waals surface area contributed by atoms with E-state index in [1.165, 1.54) is 25.1 Å². The maximum atomic E-state index is 11.8. The first-order chi connectivity index (χ1) is 8.12. The zero-order chi connectivity index (χ0) is 12.7. The average Bonchev–Trinajstić information content (AvgIpc) is 2.86. The van der Waals surface area contributed by atoms with Crippen molar-refractivity contribution in [1.29, 1.82) is 0 Å². The fourth-order valence-electron chi connectivity index (χ4n) is 1.30. The molecule has 0 saturated heterocycles. The highest BCUT2D eigenvalue weighted by Gasteiger charge is 2.34. The van der Waals surface area contributed by atoms with Crippen LogP contribution in [0.15, 0.2) is 22.1 Å². The number of nitrogens with zero attached hydrogens (tertiary/aromatic N) is 1. The second kappa shape index (κ2) is 6.66. The van der Waals surface area contributed by atoms with E-state index in [4.69, 9.17) is 9.15 Å². The molecule has 1 atom stereocenters. The van der Waals surface area contributed by atoms with E-state index in [9.17, 15) is 4.79 Å². The van der Waals surface area contributed by atoms with E-state index in [1.807, 2.05) is 13.8 Å². The number of nitrogens with one attached hydrogen (secondary N) is 1. The Bertz CT molecular complexity index is 342. The minimum atomic E-state index is -0.718. The Labute approximate surface area is 105 Å². The van der Waals surface area contributed by atoms with E-state index in [0.29, 0.717) is 11.0 Å². The number of oxazole rings is 1. The Morgan fingerprint density at radius 2 is 2.47 bits per heavy atom. The Morgan fingerprint density at radius 1 is 1.71 bits per heavy atom. The van der Waals surface area contributed by atoms with E-state index in [2.05, 4.69) is 10.3 Å². The normalized spacial score (nSPS) is 14.3. The van der Waals surface area contributed by atoms with Crippen LogP contribution < -0.4 is 5.32 Å². The van der Waals surface area contributed by atoms with Crippen molar-refractivity contribution in [3.8, 4) is 0 Å². The highest BCUT2D eigenvalue weighted by atomic mass is 32.2. The fourth-order valence-corrected chi connectivity index (χ4v) is 2.19. The van der Waals surface area contributed by atoms with Gasteiger partial charge in [0.15, 0.2) is 0 Å². The topological polar surface area (TPSA) is 64.4 Å². The summed E-state index contributed by atoms with van der Waals surface area (Å²) in [5, 5.41) is 3.75. The molecule has 1 aromatic heterocycles. The first kappa shape index (κ1) is 14.1. The monoisotopic (exact) mass is 258 g/mol. The molecule has 1 N–H and O–H groups in total. The number of hydrogen-bond acceptors (Lipinski definition) is 6. The van der Waals surface area contributed by atoms with Crippen molar-refractivity contribution < 1.29 is 13.9 Å². The second-order valence-corrected chi connectivity index (χ2v) is 4.76. The molecule has 17 heavy (non-hydrogen) atoms. The molecule has 0 aliphatic rings. The lowest BCUT2D eigenvalue weighted by Crippen LogP contribution is -2.52. The molecule has 0 bridgehead atoms. The van der Waals surface area contributed by atoms with E-state index in [1.54, 1.807) is 6.20 Å². The van der Waals surface area contributed by atoms with Gasteiger partial charge in [-0.05, 0) is 19.9 Å². The molecule has 96 valence electrons. The molecular formula is C11H18N2O3S. The van der Waals surface area contributed by atoms with Crippen LogP contribution in [-0.2, 0) is 9.53 Å². The van der Waals surface area contributed by atoms with Gasteiger partial charge in [-0.3, -0.25) is 4.79 Å². The third kappa shape index (κ3) is 4.05. The van der Waals surface area contributed by atoms with E-state index >= 15 is 0 Å². The van der Waals surface area contributed by atoms with Crippen molar-refractivity contribution in [3.63, 3.8) is 0 Å². The van der Waals surface area contributed by atoms with Crippen LogP contribution in [0.5, 0.6) is 0 Å². The maximum absolute atomic E-state index is 11.8. The fraction of sp³-hybridized carbons (Fsp3) is 0.636. The maximum Gasteiger partial charge on any atom is 0.326 e. The van der Waals surface area contributed by atoms with Crippen LogP contribution in [-0.4, -0.2) is 35.9 Å². The molecule has 6 heteroatoms. The summed E-state index contributed by atoms with van der Waals surface area (Å²) in [6, 6.07) is 0. The van der Waals surface area contributed by atoms with Gasteiger partial charge in [0.05, 0.1) is 13.3 Å². The van der Waals surface area contributed by atoms with Crippen molar-refractivity contribution in [2.45, 2.75) is 31.0 Å². The van der Waals surface area contributed by atoms with Crippen LogP contribution in [0.4, 0.5) is 0 Å². The molecule has 1 rings (SSSR count). The molecule has 0 fully saturated rings. The standard InChI is InChI=1S/C11H18N2O3S/c1-4-5-13-11(2,9(14)15-3)8-17-10-12-6-7-16-10/h6-7,13H,4-5,8H2,1-3H3. The Hall–Kier alpha value is -1.01. The van der Waals surface area contributed by atoms with Crippen LogP contribution in [0.1, 0.15) is 20.3 Å². The number of aromatic nitrogens is 1. The Morgan fingerprint density at radius 3 is 3.00 bits per heavy atom. The molecule has 0 aromatic carbocycles. The number of rotatable bonds is 7. The minimum Gasteiger partial charge on any atom is -0.468 e. The highest BCUT2D eigenvalue weighted by molar-refractivity contribution is 7.99. The predicted octanol–water partition coefficient (Wildman–Crippen LogP) is 1.70. The first-order valence-corrected chi connectivity index (χ1v) is 6.46. The SMILES string of the molecule is CCCNC(C)(CSc1ncco1)C(=O)OC. The van der Waals surface area contributed by atoms with Crippen molar-refractivity contribution in [2.24, 2.45) is 0 Å². The van der Waals surface area contributed by atoms with Crippen LogP contribution in [0.3, 0.4) is 0 Å². The van der Waals surface area contributed by atoms with Gasteiger partial charge in [0.2, 0.25) is 0 Å². The number of thioether (sulfide) groups is 1. The number of ether oxygens (including phenoxy) is 1. The van der Waals surface area contributed by atoms with E-state index in [0.717, 1.165) is 13.0 Å². The Kier molecular flexibility index (Phi) is 5.50. The molecule has 0 aliphatic carbocycles. The predicted molar refractivity (Wildman–Crippen MR) is 65.9 cm³/mol. The van der Waals surface area contributed by atoms with Gasteiger partial charge < -0.3 is 14.5 Å². The molecule has 5 nitrogen and oxygen atoms in total. The first-order valence-electron chi connectivity index (χ1n) is 5.48. The average molecular weight is 258 g/mol. The summed E-state index contributed by atoms with van der Waals surface area (Å²) < 4.78 is 9.94. The van der Waals surface area contributed by atoms with Crippen molar-refractivity contribution in [2.75, 3.05) is 19.4 Å². The third-order valence-corrected chi connectivity index (χ3v) is 3.47.